The monoisotopic (exact) mass is 952 g/mol. The number of unbranched alkanes of at least 4 members (excludes halogenated alkanes) is 4. The van der Waals surface area contributed by atoms with Crippen molar-refractivity contribution in [2.24, 2.45) is 5.41 Å². The Labute approximate surface area is 407 Å². The molecule has 0 spiro atoms. The lowest BCUT2D eigenvalue weighted by Crippen LogP contribution is -2.70. The molecule has 7 rings (SSSR count). The molecule has 1 aliphatic carbocycles. The number of phenolic OH excluding ortho intramolecular Hbond substituents is 1. The Bertz CT molecular complexity index is 2250. The van der Waals surface area contributed by atoms with Gasteiger partial charge in [0.1, 0.15) is 47.2 Å². The highest BCUT2D eigenvalue weighted by Gasteiger charge is 2.76. The first-order valence-electron chi connectivity index (χ1n) is 25.1. The third kappa shape index (κ3) is 12.1. The number of hydrogen-bond acceptors (Lipinski definition) is 12. The topological polar surface area (TPSA) is 173 Å². The van der Waals surface area contributed by atoms with Gasteiger partial charge in [-0.15, -0.1) is 0 Å². The Balaban J connectivity index is 1.23. The molecule has 3 heterocycles. The smallest absolute Gasteiger partial charge is 0.327 e. The van der Waals surface area contributed by atoms with Crippen LogP contribution in [0.15, 0.2) is 84.9 Å². The van der Waals surface area contributed by atoms with E-state index < -0.39 is 89.7 Å². The number of nitrogens with one attached hydrogen (secondary N) is 1. The minimum atomic E-state index is -1.56. The number of para-hydroxylation sites is 1. The van der Waals surface area contributed by atoms with E-state index >= 15 is 4.79 Å². The van der Waals surface area contributed by atoms with Crippen LogP contribution in [0.5, 0.6) is 5.75 Å². The lowest BCUT2D eigenvalue weighted by atomic mass is 9.62. The normalized spacial score (nSPS) is 24.6. The van der Waals surface area contributed by atoms with Crippen LogP contribution in [-0.2, 0) is 62.3 Å². The zero-order valence-electron chi connectivity index (χ0n) is 41.3. The molecular formula is C55H73N3O11. The van der Waals surface area contributed by atoms with Crippen molar-refractivity contribution in [3.8, 4) is 5.75 Å². The Morgan fingerprint density at radius 3 is 2.29 bits per heavy atom. The number of carbonyl (C=O) groups excluding carboxylic acids is 4. The van der Waals surface area contributed by atoms with Gasteiger partial charge in [0.25, 0.3) is 0 Å². The maximum Gasteiger partial charge on any atom is 0.327 e. The number of aliphatic hydroxyl groups is 1. The van der Waals surface area contributed by atoms with Gasteiger partial charge in [0.05, 0.1) is 19.2 Å². The highest BCUT2D eigenvalue weighted by Crippen LogP contribution is 2.58. The van der Waals surface area contributed by atoms with E-state index in [0.29, 0.717) is 19.3 Å². The average molecular weight is 952 g/mol. The van der Waals surface area contributed by atoms with Crippen LogP contribution >= 0.6 is 0 Å². The molecule has 3 saturated heterocycles. The minimum absolute atomic E-state index is 0.0372. The standard InChI is InChI=1S/C55H73N3O11/c1-7-9-16-30-54(31-17-10-8-2)67-46-44-34-55(52(64)57(6)42(33-38-20-12-11-13-21-38)50(62)56-41(36-59)28-29-45(61)66-53(3,4)5)48(51(63)65-44)58(69-49(55)47(46)68-54)35-39-24-18-22-37(32-39)23-19-26-40-25-14-15-27-43(40)60/h11-15,18-25,27,32,41-42,44,46-49,59-60H,7-10,16-17,26,28-31,33-36H2,1-6H3,(H,56,62). The summed E-state index contributed by atoms with van der Waals surface area (Å²) in [7, 11) is 1.58. The predicted octanol–water partition coefficient (Wildman–Crippen LogP) is 7.76. The molecule has 3 aromatic rings. The zero-order valence-corrected chi connectivity index (χ0v) is 41.3. The summed E-state index contributed by atoms with van der Waals surface area (Å²) in [4.78, 5) is 66.4. The molecule has 4 fully saturated rings. The molecule has 0 aromatic heterocycles. The molecule has 0 radical (unpaired) electrons. The molecule has 3 aromatic carbocycles. The number of carbonyl (C=O) groups is 4. The number of benzene rings is 3. The molecule has 1 saturated carbocycles. The lowest BCUT2D eigenvalue weighted by Gasteiger charge is -2.50. The van der Waals surface area contributed by atoms with Crippen molar-refractivity contribution in [1.29, 1.82) is 0 Å². The van der Waals surface area contributed by atoms with Crippen LogP contribution in [0, 0.1) is 5.41 Å². The first-order chi connectivity index (χ1) is 33.1. The summed E-state index contributed by atoms with van der Waals surface area (Å²) in [5.74, 6) is -2.79. The third-order valence-corrected chi connectivity index (χ3v) is 13.9. The van der Waals surface area contributed by atoms with Crippen LogP contribution in [0.2, 0.25) is 0 Å². The first kappa shape index (κ1) is 51.7. The van der Waals surface area contributed by atoms with Crippen LogP contribution in [-0.4, -0.2) is 112 Å². The van der Waals surface area contributed by atoms with Crippen LogP contribution in [0.3, 0.4) is 0 Å². The van der Waals surface area contributed by atoms with E-state index in [0.717, 1.165) is 60.8 Å². The molecule has 8 atom stereocenters. The Morgan fingerprint density at radius 2 is 1.61 bits per heavy atom. The number of likely N-dealkylation sites (N-methyl/N-ethyl adjacent to an activating group) is 1. The summed E-state index contributed by atoms with van der Waals surface area (Å²) >= 11 is 0. The van der Waals surface area contributed by atoms with Crippen LogP contribution < -0.4 is 5.32 Å². The number of rotatable bonds is 23. The fourth-order valence-electron chi connectivity index (χ4n) is 10.6. The second-order valence-corrected chi connectivity index (χ2v) is 20.3. The largest absolute Gasteiger partial charge is 0.508 e. The average Bonchev–Trinajstić information content (AvgIpc) is 3.88. The summed E-state index contributed by atoms with van der Waals surface area (Å²) in [5.41, 5.74) is 1.06. The van der Waals surface area contributed by atoms with Gasteiger partial charge in [-0.25, -0.2) is 0 Å². The number of esters is 2. The molecule has 2 bridgehead atoms. The number of hydrogen-bond donors (Lipinski definition) is 3. The van der Waals surface area contributed by atoms with Gasteiger partial charge in [0.2, 0.25) is 11.8 Å². The van der Waals surface area contributed by atoms with Gasteiger partial charge in [-0.3, -0.25) is 24.0 Å². The van der Waals surface area contributed by atoms with Crippen molar-refractivity contribution in [1.82, 2.24) is 15.3 Å². The maximum atomic E-state index is 16.0. The van der Waals surface area contributed by atoms with E-state index in [4.69, 9.17) is 23.8 Å². The van der Waals surface area contributed by atoms with E-state index in [1.165, 1.54) is 4.90 Å². The predicted molar refractivity (Wildman–Crippen MR) is 260 cm³/mol. The van der Waals surface area contributed by atoms with Gasteiger partial charge in [-0.1, -0.05) is 124 Å². The summed E-state index contributed by atoms with van der Waals surface area (Å²) in [5, 5.41) is 25.2. The van der Waals surface area contributed by atoms with Crippen molar-refractivity contribution in [3.05, 3.63) is 107 Å². The van der Waals surface area contributed by atoms with Crippen molar-refractivity contribution in [2.75, 3.05) is 13.7 Å². The molecule has 374 valence electrons. The van der Waals surface area contributed by atoms with Gasteiger partial charge in [0, 0.05) is 39.2 Å². The van der Waals surface area contributed by atoms with Gasteiger partial charge in [0.15, 0.2) is 11.8 Å². The fourth-order valence-corrected chi connectivity index (χ4v) is 10.6. The molecule has 2 amide bonds. The number of fused-ring (bicyclic) bond motifs is 4. The maximum absolute atomic E-state index is 16.0. The number of hydroxylamine groups is 2. The van der Waals surface area contributed by atoms with E-state index in [9.17, 15) is 24.6 Å². The number of aliphatic hydroxyl groups excluding tert-OH is 1. The van der Waals surface area contributed by atoms with Gasteiger partial charge < -0.3 is 39.4 Å². The Kier molecular flexibility index (Phi) is 17.1. The highest BCUT2D eigenvalue weighted by molar-refractivity contribution is 5.96. The third-order valence-electron chi connectivity index (χ3n) is 13.9. The zero-order chi connectivity index (χ0) is 49.3. The summed E-state index contributed by atoms with van der Waals surface area (Å²) < 4.78 is 25.9. The van der Waals surface area contributed by atoms with Crippen LogP contribution in [0.4, 0.5) is 0 Å². The van der Waals surface area contributed by atoms with Crippen molar-refractivity contribution >= 4 is 29.8 Å². The Morgan fingerprint density at radius 1 is 0.928 bits per heavy atom. The molecular weight excluding hydrogens is 879 g/mol. The van der Waals surface area contributed by atoms with Crippen molar-refractivity contribution in [2.45, 2.75) is 179 Å². The quantitative estimate of drug-likeness (QED) is 0.0624. The molecule has 14 nitrogen and oxygen atoms in total. The molecule has 3 aliphatic heterocycles. The van der Waals surface area contributed by atoms with Gasteiger partial charge in [-0.2, -0.15) is 5.06 Å². The van der Waals surface area contributed by atoms with Crippen LogP contribution in [0.1, 0.15) is 128 Å². The van der Waals surface area contributed by atoms with E-state index in [-0.39, 0.29) is 38.0 Å². The number of nitrogens with zero attached hydrogens (tertiary/aromatic N) is 2. The van der Waals surface area contributed by atoms with Crippen molar-refractivity contribution < 1.29 is 53.2 Å². The van der Waals surface area contributed by atoms with Crippen molar-refractivity contribution in [3.63, 3.8) is 0 Å². The number of aromatic hydroxyl groups is 1. The number of ether oxygens (including phenoxy) is 4. The summed E-state index contributed by atoms with van der Waals surface area (Å²) in [6, 6.07) is 21.3. The first-order valence-corrected chi connectivity index (χ1v) is 25.1. The highest BCUT2D eigenvalue weighted by atomic mass is 16.8. The molecule has 3 N–H and O–H groups in total. The van der Waals surface area contributed by atoms with Gasteiger partial charge >= 0.3 is 11.9 Å². The number of phenols is 1. The molecule has 4 aliphatic rings. The van der Waals surface area contributed by atoms with Crippen LogP contribution in [0.25, 0.3) is 6.08 Å². The van der Waals surface area contributed by atoms with E-state index in [1.54, 1.807) is 45.0 Å². The molecule has 14 heteroatoms. The fraction of sp³-hybridized carbons (Fsp3) is 0.564. The van der Waals surface area contributed by atoms with Gasteiger partial charge in [-0.05, 0) is 74.8 Å². The number of allylic oxidation sites excluding steroid dienone is 1. The Hall–Kier alpha value is -5.12. The second kappa shape index (κ2) is 22.7. The SMILES string of the molecule is CCCCCC1(CCCCC)OC2C3CC4(C(=O)N(C)C(Cc5ccccc5)C(=O)NC(CO)CCC(=O)OC(C)(C)C)C(ON(Cc5cccc(C=CCc6ccccc6O)c5)C4C(=O)O3)C2O1. The molecule has 8 unspecified atom stereocenters. The van der Waals surface area contributed by atoms with E-state index in [2.05, 4.69) is 19.2 Å². The lowest BCUT2D eigenvalue weighted by molar-refractivity contribution is -0.225. The second-order valence-electron chi connectivity index (χ2n) is 20.3. The summed E-state index contributed by atoms with van der Waals surface area (Å²) in [6.07, 6.45) is 8.54. The molecule has 69 heavy (non-hydrogen) atoms. The number of amides is 2. The van der Waals surface area contributed by atoms with E-state index in [1.807, 2.05) is 78.9 Å². The minimum Gasteiger partial charge on any atom is -0.508 e. The summed E-state index contributed by atoms with van der Waals surface area (Å²) in [6.45, 7) is 9.30.